The Hall–Kier alpha value is -0.570. The van der Waals surface area contributed by atoms with Gasteiger partial charge in [0, 0.05) is 0 Å². The van der Waals surface area contributed by atoms with E-state index >= 15 is 0 Å². The Balaban J connectivity index is 4.25. The summed E-state index contributed by atoms with van der Waals surface area (Å²) in [5, 5.41) is 3.21. The number of nitrogens with one attached hydrogen (secondary N) is 1. The summed E-state index contributed by atoms with van der Waals surface area (Å²) >= 11 is 0. The van der Waals surface area contributed by atoms with Crippen molar-refractivity contribution in [2.75, 3.05) is 6.54 Å². The highest BCUT2D eigenvalue weighted by Gasteiger charge is 2.31. The van der Waals surface area contributed by atoms with Gasteiger partial charge in [0.1, 0.15) is 0 Å². The van der Waals surface area contributed by atoms with Gasteiger partial charge in [-0.15, -0.1) is 0 Å². The molecule has 0 saturated heterocycles. The van der Waals surface area contributed by atoms with Crippen LogP contribution in [-0.2, 0) is 4.79 Å². The Bertz CT molecular complexity index is 141. The lowest BCUT2D eigenvalue weighted by Gasteiger charge is -2.29. The molecule has 0 spiro atoms. The van der Waals surface area contributed by atoms with Crippen LogP contribution in [0.4, 0.5) is 0 Å². The molecule has 0 saturated carbocycles. The molecule has 0 aliphatic rings. The summed E-state index contributed by atoms with van der Waals surface area (Å²) in [6.07, 6.45) is 2.55. The van der Waals surface area contributed by atoms with Gasteiger partial charge in [0.05, 0.1) is 5.54 Å². The SMILES string of the molecule is CCCNC(CC)(CC)C(N)=O. The van der Waals surface area contributed by atoms with Crippen LogP contribution in [0, 0.1) is 0 Å². The van der Waals surface area contributed by atoms with E-state index in [0.717, 1.165) is 25.8 Å². The van der Waals surface area contributed by atoms with E-state index < -0.39 is 5.54 Å². The summed E-state index contributed by atoms with van der Waals surface area (Å²) in [7, 11) is 0. The predicted molar refractivity (Wildman–Crippen MR) is 50.8 cm³/mol. The van der Waals surface area contributed by atoms with Crippen LogP contribution < -0.4 is 11.1 Å². The molecule has 0 aliphatic heterocycles. The normalized spacial score (nSPS) is 11.6. The summed E-state index contributed by atoms with van der Waals surface area (Å²) in [5.41, 5.74) is 4.86. The van der Waals surface area contributed by atoms with Crippen LogP contribution >= 0.6 is 0 Å². The van der Waals surface area contributed by atoms with E-state index in [2.05, 4.69) is 12.2 Å². The van der Waals surface area contributed by atoms with Crippen molar-refractivity contribution in [2.24, 2.45) is 5.73 Å². The van der Waals surface area contributed by atoms with Gasteiger partial charge in [-0.25, -0.2) is 0 Å². The molecule has 0 heterocycles. The highest BCUT2D eigenvalue weighted by molar-refractivity contribution is 5.84. The van der Waals surface area contributed by atoms with Crippen LogP contribution in [0.25, 0.3) is 0 Å². The number of nitrogens with two attached hydrogens (primary N) is 1. The molecule has 0 aliphatic carbocycles. The second-order valence-electron chi connectivity index (χ2n) is 3.08. The van der Waals surface area contributed by atoms with E-state index in [9.17, 15) is 4.79 Å². The maximum Gasteiger partial charge on any atom is 0.237 e. The van der Waals surface area contributed by atoms with Gasteiger partial charge < -0.3 is 11.1 Å². The summed E-state index contributed by atoms with van der Waals surface area (Å²) in [6, 6.07) is 0. The molecule has 0 bridgehead atoms. The highest BCUT2D eigenvalue weighted by Crippen LogP contribution is 2.13. The fourth-order valence-corrected chi connectivity index (χ4v) is 1.30. The fourth-order valence-electron chi connectivity index (χ4n) is 1.30. The molecule has 0 atom stereocenters. The Morgan fingerprint density at radius 1 is 1.33 bits per heavy atom. The zero-order chi connectivity index (χ0) is 9.61. The van der Waals surface area contributed by atoms with E-state index in [4.69, 9.17) is 5.73 Å². The average Bonchev–Trinajstić information content (AvgIpc) is 2.07. The fraction of sp³-hybridized carbons (Fsp3) is 0.889. The third-order valence-electron chi connectivity index (χ3n) is 2.39. The zero-order valence-electron chi connectivity index (χ0n) is 8.31. The van der Waals surface area contributed by atoms with Crippen molar-refractivity contribution >= 4 is 5.91 Å². The molecule has 0 radical (unpaired) electrons. The number of amides is 1. The van der Waals surface area contributed by atoms with Gasteiger partial charge in [-0.3, -0.25) is 4.79 Å². The van der Waals surface area contributed by atoms with Crippen LogP contribution in [0.5, 0.6) is 0 Å². The number of rotatable bonds is 6. The number of hydrogen-bond donors (Lipinski definition) is 2. The maximum atomic E-state index is 11.1. The minimum absolute atomic E-state index is 0.235. The van der Waals surface area contributed by atoms with Crippen molar-refractivity contribution in [2.45, 2.75) is 45.6 Å². The molecule has 1 amide bonds. The van der Waals surface area contributed by atoms with Crippen molar-refractivity contribution in [3.63, 3.8) is 0 Å². The van der Waals surface area contributed by atoms with E-state index in [0.29, 0.717) is 0 Å². The van der Waals surface area contributed by atoms with Gasteiger partial charge in [-0.2, -0.15) is 0 Å². The van der Waals surface area contributed by atoms with Gasteiger partial charge in [-0.1, -0.05) is 20.8 Å². The summed E-state index contributed by atoms with van der Waals surface area (Å²) in [4.78, 5) is 11.1. The molecule has 0 aromatic heterocycles. The van der Waals surface area contributed by atoms with Gasteiger partial charge in [0.15, 0.2) is 0 Å². The van der Waals surface area contributed by atoms with Gasteiger partial charge in [0.2, 0.25) is 5.91 Å². The van der Waals surface area contributed by atoms with E-state index in [1.54, 1.807) is 0 Å². The lowest BCUT2D eigenvalue weighted by Crippen LogP contribution is -2.54. The second kappa shape index (κ2) is 5.14. The van der Waals surface area contributed by atoms with Crippen LogP contribution in [-0.4, -0.2) is 18.0 Å². The summed E-state index contributed by atoms with van der Waals surface area (Å²) < 4.78 is 0. The van der Waals surface area contributed by atoms with Gasteiger partial charge in [-0.05, 0) is 25.8 Å². The lowest BCUT2D eigenvalue weighted by atomic mass is 9.92. The number of carbonyl (C=O) groups excluding carboxylic acids is 1. The zero-order valence-corrected chi connectivity index (χ0v) is 8.31. The first-order valence-corrected chi connectivity index (χ1v) is 4.67. The summed E-state index contributed by atoms with van der Waals surface area (Å²) in [5.74, 6) is -0.235. The lowest BCUT2D eigenvalue weighted by molar-refractivity contribution is -0.124. The van der Waals surface area contributed by atoms with Gasteiger partial charge in [0.25, 0.3) is 0 Å². The molecule has 3 nitrogen and oxygen atoms in total. The molecule has 3 heteroatoms. The molecule has 3 N–H and O–H groups in total. The minimum Gasteiger partial charge on any atom is -0.368 e. The Labute approximate surface area is 74.7 Å². The van der Waals surface area contributed by atoms with Crippen molar-refractivity contribution in [1.29, 1.82) is 0 Å². The van der Waals surface area contributed by atoms with Crippen molar-refractivity contribution in [3.8, 4) is 0 Å². The third kappa shape index (κ3) is 2.48. The van der Waals surface area contributed by atoms with Crippen molar-refractivity contribution < 1.29 is 4.79 Å². The topological polar surface area (TPSA) is 55.1 Å². The molecule has 72 valence electrons. The molecule has 0 unspecified atom stereocenters. The molecule has 12 heavy (non-hydrogen) atoms. The molecule has 0 rings (SSSR count). The first-order chi connectivity index (χ1) is 5.63. The molecular formula is C9H20N2O. The Kier molecular flexibility index (Phi) is 4.90. The first kappa shape index (κ1) is 11.4. The smallest absolute Gasteiger partial charge is 0.237 e. The van der Waals surface area contributed by atoms with Crippen molar-refractivity contribution in [1.82, 2.24) is 5.32 Å². The van der Waals surface area contributed by atoms with Gasteiger partial charge >= 0.3 is 0 Å². The Morgan fingerprint density at radius 3 is 2.08 bits per heavy atom. The maximum absolute atomic E-state index is 11.1. The monoisotopic (exact) mass is 172 g/mol. The number of hydrogen-bond acceptors (Lipinski definition) is 2. The largest absolute Gasteiger partial charge is 0.368 e. The third-order valence-corrected chi connectivity index (χ3v) is 2.39. The van der Waals surface area contributed by atoms with E-state index in [1.807, 2.05) is 13.8 Å². The number of carbonyl (C=O) groups is 1. The van der Waals surface area contributed by atoms with Crippen LogP contribution in [0.15, 0.2) is 0 Å². The molecular weight excluding hydrogens is 152 g/mol. The first-order valence-electron chi connectivity index (χ1n) is 4.67. The summed E-state index contributed by atoms with van der Waals surface area (Å²) in [6.45, 7) is 6.89. The van der Waals surface area contributed by atoms with E-state index in [-0.39, 0.29) is 5.91 Å². The molecule has 0 aromatic rings. The van der Waals surface area contributed by atoms with E-state index in [1.165, 1.54) is 0 Å². The van der Waals surface area contributed by atoms with Crippen molar-refractivity contribution in [3.05, 3.63) is 0 Å². The quantitative estimate of drug-likeness (QED) is 0.628. The molecule has 0 fully saturated rings. The second-order valence-corrected chi connectivity index (χ2v) is 3.08. The standard InChI is InChI=1S/C9H20N2O/c1-4-7-11-9(5-2,6-3)8(10)12/h11H,4-7H2,1-3H3,(H2,10,12). The van der Waals surface area contributed by atoms with Crippen LogP contribution in [0.2, 0.25) is 0 Å². The highest BCUT2D eigenvalue weighted by atomic mass is 16.1. The van der Waals surface area contributed by atoms with Crippen LogP contribution in [0.3, 0.4) is 0 Å². The van der Waals surface area contributed by atoms with Crippen LogP contribution in [0.1, 0.15) is 40.0 Å². The minimum atomic E-state index is -0.476. The Morgan fingerprint density at radius 2 is 1.83 bits per heavy atom. The number of primary amides is 1. The molecule has 0 aromatic carbocycles. The predicted octanol–water partition coefficient (Wildman–Crippen LogP) is 1.03. The average molecular weight is 172 g/mol.